The van der Waals surface area contributed by atoms with Crippen LogP contribution in [0.2, 0.25) is 0 Å². The molecule has 0 aliphatic carbocycles. The van der Waals surface area contributed by atoms with Crippen LogP contribution >= 0.6 is 0 Å². The molecule has 96 valence electrons. The van der Waals surface area contributed by atoms with Crippen LogP contribution in [0.15, 0.2) is 35.0 Å². The molecule has 0 spiro atoms. The number of nitrogens with zero attached hydrogens (tertiary/aromatic N) is 2. The summed E-state index contributed by atoms with van der Waals surface area (Å²) in [6, 6.07) is 3.34. The zero-order valence-electron chi connectivity index (χ0n) is 10.4. The van der Waals surface area contributed by atoms with E-state index in [-0.39, 0.29) is 11.8 Å². The van der Waals surface area contributed by atoms with Gasteiger partial charge in [0.25, 0.3) is 5.91 Å². The normalized spacial score (nSPS) is 15.6. The van der Waals surface area contributed by atoms with E-state index in [4.69, 9.17) is 4.42 Å². The Morgan fingerprint density at radius 3 is 2.33 bits per heavy atom. The second kappa shape index (κ2) is 5.08. The lowest BCUT2D eigenvalue weighted by Crippen LogP contribution is -2.50. The molecule has 5 nitrogen and oxygen atoms in total. The van der Waals surface area contributed by atoms with Crippen molar-refractivity contribution >= 4 is 11.8 Å². The van der Waals surface area contributed by atoms with E-state index >= 15 is 0 Å². The van der Waals surface area contributed by atoms with Gasteiger partial charge in [0, 0.05) is 31.8 Å². The van der Waals surface area contributed by atoms with Crippen molar-refractivity contribution in [2.45, 2.75) is 6.92 Å². The topological polar surface area (TPSA) is 53.8 Å². The number of carbonyl (C=O) groups excluding carboxylic acids is 2. The van der Waals surface area contributed by atoms with Crippen molar-refractivity contribution in [1.82, 2.24) is 9.80 Å². The van der Waals surface area contributed by atoms with Gasteiger partial charge in [-0.05, 0) is 19.1 Å². The minimum absolute atomic E-state index is 0.0416. The van der Waals surface area contributed by atoms with E-state index in [2.05, 4.69) is 6.58 Å². The second-order valence-electron chi connectivity index (χ2n) is 4.34. The molecule has 0 radical (unpaired) electrons. The van der Waals surface area contributed by atoms with Crippen molar-refractivity contribution in [2.75, 3.05) is 26.2 Å². The van der Waals surface area contributed by atoms with Crippen molar-refractivity contribution in [3.8, 4) is 0 Å². The molecule has 18 heavy (non-hydrogen) atoms. The van der Waals surface area contributed by atoms with Crippen LogP contribution in [-0.2, 0) is 4.79 Å². The minimum Gasteiger partial charge on any atom is -0.459 e. The summed E-state index contributed by atoms with van der Waals surface area (Å²) >= 11 is 0. The van der Waals surface area contributed by atoms with E-state index in [9.17, 15) is 9.59 Å². The standard InChI is InChI=1S/C13H16N2O3/c1-10(2)12(16)14-5-7-15(8-6-14)13(17)11-4-3-9-18-11/h3-4,9H,1,5-8H2,2H3. The summed E-state index contributed by atoms with van der Waals surface area (Å²) in [6.45, 7) is 7.47. The maximum Gasteiger partial charge on any atom is 0.289 e. The van der Waals surface area contributed by atoms with Crippen LogP contribution in [0.1, 0.15) is 17.5 Å². The molecule has 1 saturated heterocycles. The highest BCUT2D eigenvalue weighted by atomic mass is 16.3. The zero-order valence-corrected chi connectivity index (χ0v) is 10.4. The van der Waals surface area contributed by atoms with Gasteiger partial charge in [-0.15, -0.1) is 0 Å². The van der Waals surface area contributed by atoms with Crippen molar-refractivity contribution < 1.29 is 14.0 Å². The summed E-state index contributed by atoms with van der Waals surface area (Å²) in [5, 5.41) is 0. The first-order valence-electron chi connectivity index (χ1n) is 5.87. The molecule has 0 bridgehead atoms. The highest BCUT2D eigenvalue weighted by Crippen LogP contribution is 2.10. The number of rotatable bonds is 2. The minimum atomic E-state index is -0.123. The lowest BCUT2D eigenvalue weighted by atomic mass is 10.2. The van der Waals surface area contributed by atoms with Crippen LogP contribution in [0, 0.1) is 0 Å². The van der Waals surface area contributed by atoms with Crippen molar-refractivity contribution in [3.63, 3.8) is 0 Å². The van der Waals surface area contributed by atoms with Crippen molar-refractivity contribution in [1.29, 1.82) is 0 Å². The lowest BCUT2D eigenvalue weighted by Gasteiger charge is -2.34. The third-order valence-electron chi connectivity index (χ3n) is 2.95. The number of amides is 2. The molecule has 1 fully saturated rings. The Balaban J connectivity index is 1.93. The van der Waals surface area contributed by atoms with Gasteiger partial charge in [0.15, 0.2) is 5.76 Å². The van der Waals surface area contributed by atoms with Gasteiger partial charge in [0.1, 0.15) is 0 Å². The molecule has 0 unspecified atom stereocenters. The van der Waals surface area contributed by atoms with Gasteiger partial charge < -0.3 is 14.2 Å². The summed E-state index contributed by atoms with van der Waals surface area (Å²) in [7, 11) is 0. The van der Waals surface area contributed by atoms with Gasteiger partial charge >= 0.3 is 0 Å². The maximum atomic E-state index is 12.0. The summed E-state index contributed by atoms with van der Waals surface area (Å²) in [5.41, 5.74) is 0.529. The number of furan rings is 1. The van der Waals surface area contributed by atoms with E-state index in [1.165, 1.54) is 6.26 Å². The molecule has 1 aliphatic rings. The molecule has 2 heterocycles. The van der Waals surface area contributed by atoms with Crippen LogP contribution in [0.3, 0.4) is 0 Å². The Hall–Kier alpha value is -2.04. The van der Waals surface area contributed by atoms with Gasteiger partial charge in [-0.2, -0.15) is 0 Å². The SMILES string of the molecule is C=C(C)C(=O)N1CCN(C(=O)c2ccco2)CC1. The number of piperazine rings is 1. The second-order valence-corrected chi connectivity index (χ2v) is 4.34. The zero-order chi connectivity index (χ0) is 13.1. The highest BCUT2D eigenvalue weighted by molar-refractivity contribution is 5.93. The van der Waals surface area contributed by atoms with Gasteiger partial charge in [0.05, 0.1) is 6.26 Å². The van der Waals surface area contributed by atoms with Crippen LogP contribution in [-0.4, -0.2) is 47.8 Å². The van der Waals surface area contributed by atoms with Gasteiger partial charge in [-0.3, -0.25) is 9.59 Å². The quantitative estimate of drug-likeness (QED) is 0.737. The summed E-state index contributed by atoms with van der Waals surface area (Å²) in [6.07, 6.45) is 1.48. The molecule has 0 aromatic carbocycles. The van der Waals surface area contributed by atoms with Gasteiger partial charge in [0.2, 0.25) is 5.91 Å². The fourth-order valence-electron chi connectivity index (χ4n) is 1.94. The Bertz CT molecular complexity index is 457. The van der Waals surface area contributed by atoms with E-state index in [0.29, 0.717) is 37.5 Å². The third-order valence-corrected chi connectivity index (χ3v) is 2.95. The summed E-state index contributed by atoms with van der Waals surface area (Å²) < 4.78 is 5.08. The first kappa shape index (κ1) is 12.4. The smallest absolute Gasteiger partial charge is 0.289 e. The average Bonchev–Trinajstić information content (AvgIpc) is 2.91. The molecule has 0 atom stereocenters. The number of hydrogen-bond acceptors (Lipinski definition) is 3. The Labute approximate surface area is 106 Å². The monoisotopic (exact) mass is 248 g/mol. The van der Waals surface area contributed by atoms with Crippen LogP contribution < -0.4 is 0 Å². The molecule has 0 saturated carbocycles. The molecular weight excluding hydrogens is 232 g/mol. The highest BCUT2D eigenvalue weighted by Gasteiger charge is 2.25. The molecule has 1 aliphatic heterocycles. The molecule has 5 heteroatoms. The fraction of sp³-hybridized carbons (Fsp3) is 0.385. The third kappa shape index (κ3) is 2.45. The van der Waals surface area contributed by atoms with E-state index in [0.717, 1.165) is 0 Å². The van der Waals surface area contributed by atoms with Crippen LogP contribution in [0.5, 0.6) is 0 Å². The Morgan fingerprint density at radius 2 is 1.83 bits per heavy atom. The summed E-state index contributed by atoms with van der Waals surface area (Å²) in [4.78, 5) is 27.1. The number of hydrogen-bond donors (Lipinski definition) is 0. The van der Waals surface area contributed by atoms with Crippen LogP contribution in [0.25, 0.3) is 0 Å². The Morgan fingerprint density at radius 1 is 1.22 bits per heavy atom. The predicted octanol–water partition coefficient (Wildman–Crippen LogP) is 1.14. The summed E-state index contributed by atoms with van der Waals surface area (Å²) in [5.74, 6) is 0.178. The molecule has 1 aromatic heterocycles. The van der Waals surface area contributed by atoms with E-state index in [1.54, 1.807) is 28.9 Å². The van der Waals surface area contributed by atoms with Crippen molar-refractivity contribution in [2.24, 2.45) is 0 Å². The van der Waals surface area contributed by atoms with E-state index in [1.807, 2.05) is 0 Å². The van der Waals surface area contributed by atoms with Gasteiger partial charge in [-0.1, -0.05) is 6.58 Å². The first-order valence-corrected chi connectivity index (χ1v) is 5.87. The largest absolute Gasteiger partial charge is 0.459 e. The molecule has 1 aromatic rings. The molecular formula is C13H16N2O3. The maximum absolute atomic E-state index is 12.0. The first-order chi connectivity index (χ1) is 8.59. The molecule has 0 N–H and O–H groups in total. The average molecular weight is 248 g/mol. The predicted molar refractivity (Wildman–Crippen MR) is 66.0 cm³/mol. The Kier molecular flexibility index (Phi) is 3.50. The van der Waals surface area contributed by atoms with Crippen molar-refractivity contribution in [3.05, 3.63) is 36.3 Å². The van der Waals surface area contributed by atoms with Gasteiger partial charge in [-0.25, -0.2) is 0 Å². The molecule has 2 rings (SSSR count). The van der Waals surface area contributed by atoms with Crippen LogP contribution in [0.4, 0.5) is 0 Å². The fourth-order valence-corrected chi connectivity index (χ4v) is 1.94. The van der Waals surface area contributed by atoms with E-state index < -0.39 is 0 Å². The lowest BCUT2D eigenvalue weighted by molar-refractivity contribution is -0.128. The molecule has 2 amide bonds. The number of carbonyl (C=O) groups is 2.